The number of aliphatic hydroxyl groups is 1. The molecule has 0 saturated carbocycles. The van der Waals surface area contributed by atoms with Crippen molar-refractivity contribution in [1.29, 1.82) is 0 Å². The number of ether oxygens (including phenoxy) is 2. The zero-order chi connectivity index (χ0) is 25.8. The normalized spacial score (nSPS) is 19.7. The zero-order valence-electron chi connectivity index (χ0n) is 20.6. The highest BCUT2D eigenvalue weighted by Crippen LogP contribution is 2.42. The number of benzene rings is 3. The van der Waals surface area contributed by atoms with Crippen LogP contribution in [0.3, 0.4) is 0 Å². The maximum atomic E-state index is 12.5. The summed E-state index contributed by atoms with van der Waals surface area (Å²) >= 11 is 0. The van der Waals surface area contributed by atoms with Gasteiger partial charge >= 0.3 is 5.69 Å². The third kappa shape index (κ3) is 4.81. The fraction of sp³-hybridized carbons (Fsp3) is 0.267. The number of nitrogens with one attached hydrogen (secondary N) is 1. The molecule has 0 aliphatic carbocycles. The Hall–Kier alpha value is -3.78. The van der Waals surface area contributed by atoms with Crippen molar-refractivity contribution in [3.63, 3.8) is 0 Å². The van der Waals surface area contributed by atoms with E-state index in [4.69, 9.17) is 9.47 Å². The largest absolute Gasteiger partial charge is 0.396 e. The summed E-state index contributed by atoms with van der Waals surface area (Å²) in [6, 6.07) is 30.1. The Labute approximate surface area is 215 Å². The molecule has 3 aromatic carbocycles. The predicted octanol–water partition coefficient (Wildman–Crippen LogP) is 3.75. The standard InChI is InChI=1S/C30H30N2O5/c1-21-18-32(29(35)31-28(21)34)27-17-22(19-33)26(37-27)20-36-30(23-11-5-2-6-12-23,24-13-7-3-8-14-24)25-15-9-4-10-16-25/h2-16,18,22,26-27,33H,17,19-20H2,1H3,(H,31,34,35). The number of nitrogens with zero attached hydrogens (tertiary/aromatic N) is 1. The second-order valence-corrected chi connectivity index (χ2v) is 9.38. The summed E-state index contributed by atoms with van der Waals surface area (Å²) in [5, 5.41) is 10.2. The number of H-pyrrole nitrogens is 1. The number of rotatable bonds is 8. The highest BCUT2D eigenvalue weighted by molar-refractivity contribution is 5.47. The average molecular weight is 499 g/mol. The quantitative estimate of drug-likeness (QED) is 0.361. The maximum Gasteiger partial charge on any atom is 0.330 e. The molecule has 1 aliphatic rings. The molecule has 0 amide bonds. The Morgan fingerprint density at radius 2 is 1.43 bits per heavy atom. The molecule has 2 N–H and O–H groups in total. The van der Waals surface area contributed by atoms with Gasteiger partial charge in [0.1, 0.15) is 11.8 Å². The molecule has 3 atom stereocenters. The third-order valence-electron chi connectivity index (χ3n) is 7.06. The third-order valence-corrected chi connectivity index (χ3v) is 7.06. The molecule has 7 nitrogen and oxygen atoms in total. The Morgan fingerprint density at radius 1 is 0.919 bits per heavy atom. The van der Waals surface area contributed by atoms with Gasteiger partial charge in [0.25, 0.3) is 5.56 Å². The van der Waals surface area contributed by atoms with E-state index in [-0.39, 0.29) is 19.1 Å². The van der Waals surface area contributed by atoms with Crippen molar-refractivity contribution in [3.05, 3.63) is 140 Å². The molecule has 0 bridgehead atoms. The summed E-state index contributed by atoms with van der Waals surface area (Å²) in [6.07, 6.45) is 0.842. The van der Waals surface area contributed by atoms with Gasteiger partial charge in [0.2, 0.25) is 0 Å². The first-order valence-corrected chi connectivity index (χ1v) is 12.4. The van der Waals surface area contributed by atoms with Crippen LogP contribution >= 0.6 is 0 Å². The van der Waals surface area contributed by atoms with E-state index in [0.29, 0.717) is 12.0 Å². The lowest BCUT2D eigenvalue weighted by Gasteiger charge is -2.37. The van der Waals surface area contributed by atoms with E-state index in [0.717, 1.165) is 16.7 Å². The average Bonchev–Trinajstić information content (AvgIpc) is 3.36. The second kappa shape index (κ2) is 10.7. The second-order valence-electron chi connectivity index (χ2n) is 9.38. The Balaban J connectivity index is 1.52. The molecule has 5 rings (SSSR count). The lowest BCUT2D eigenvalue weighted by molar-refractivity contribution is -0.0877. The van der Waals surface area contributed by atoms with Crippen molar-refractivity contribution < 1.29 is 14.6 Å². The van der Waals surface area contributed by atoms with Crippen molar-refractivity contribution in [3.8, 4) is 0 Å². The lowest BCUT2D eigenvalue weighted by atomic mass is 9.80. The molecule has 0 radical (unpaired) electrons. The molecule has 1 aromatic heterocycles. The smallest absolute Gasteiger partial charge is 0.330 e. The zero-order valence-corrected chi connectivity index (χ0v) is 20.6. The van der Waals surface area contributed by atoms with Crippen LogP contribution in [-0.4, -0.2) is 34.0 Å². The summed E-state index contributed by atoms with van der Waals surface area (Å²) in [7, 11) is 0. The number of aliphatic hydroxyl groups excluding tert-OH is 1. The first kappa shape index (κ1) is 24.9. The number of aryl methyl sites for hydroxylation is 1. The van der Waals surface area contributed by atoms with Crippen LogP contribution in [0.15, 0.2) is 107 Å². The molecule has 3 unspecified atom stereocenters. The van der Waals surface area contributed by atoms with Crippen LogP contribution < -0.4 is 11.2 Å². The van der Waals surface area contributed by atoms with Crippen LogP contribution in [0.2, 0.25) is 0 Å². The van der Waals surface area contributed by atoms with Crippen LogP contribution in [-0.2, 0) is 15.1 Å². The van der Waals surface area contributed by atoms with Gasteiger partial charge < -0.3 is 14.6 Å². The number of aromatic amines is 1. The van der Waals surface area contributed by atoms with E-state index in [2.05, 4.69) is 4.98 Å². The minimum absolute atomic E-state index is 0.114. The molecule has 1 aliphatic heterocycles. The molecule has 2 heterocycles. The summed E-state index contributed by atoms with van der Waals surface area (Å²) in [4.78, 5) is 26.7. The molecular weight excluding hydrogens is 468 g/mol. The minimum atomic E-state index is -0.920. The van der Waals surface area contributed by atoms with E-state index in [1.165, 1.54) is 10.8 Å². The minimum Gasteiger partial charge on any atom is -0.396 e. The van der Waals surface area contributed by atoms with Gasteiger partial charge in [-0.15, -0.1) is 0 Å². The Morgan fingerprint density at radius 3 is 1.92 bits per heavy atom. The molecule has 7 heteroatoms. The van der Waals surface area contributed by atoms with E-state index in [9.17, 15) is 14.7 Å². The van der Waals surface area contributed by atoms with Crippen LogP contribution in [0.1, 0.15) is 34.9 Å². The van der Waals surface area contributed by atoms with Crippen LogP contribution in [0.25, 0.3) is 0 Å². The van der Waals surface area contributed by atoms with Crippen molar-refractivity contribution in [2.75, 3.05) is 13.2 Å². The fourth-order valence-electron chi connectivity index (χ4n) is 5.10. The highest BCUT2D eigenvalue weighted by atomic mass is 16.6. The first-order valence-electron chi connectivity index (χ1n) is 12.4. The monoisotopic (exact) mass is 498 g/mol. The van der Waals surface area contributed by atoms with Crippen molar-refractivity contribution in [2.24, 2.45) is 5.92 Å². The van der Waals surface area contributed by atoms with Gasteiger partial charge in [0.15, 0.2) is 0 Å². The molecule has 4 aromatic rings. The van der Waals surface area contributed by atoms with Gasteiger partial charge in [-0.25, -0.2) is 4.79 Å². The van der Waals surface area contributed by atoms with Crippen LogP contribution in [0, 0.1) is 12.8 Å². The summed E-state index contributed by atoms with van der Waals surface area (Å²) in [5.41, 5.74) is 1.44. The molecule has 190 valence electrons. The molecule has 1 saturated heterocycles. The first-order chi connectivity index (χ1) is 18.0. The molecule has 37 heavy (non-hydrogen) atoms. The van der Waals surface area contributed by atoms with Gasteiger partial charge in [-0.3, -0.25) is 14.3 Å². The number of hydrogen-bond donors (Lipinski definition) is 2. The Bertz CT molecular complexity index is 1340. The SMILES string of the molecule is Cc1cn(C2CC(CO)C(COC(c3ccccc3)(c3ccccc3)c3ccccc3)O2)c(=O)[nH]c1=O. The van der Waals surface area contributed by atoms with E-state index in [1.54, 1.807) is 6.92 Å². The molecule has 0 spiro atoms. The maximum absolute atomic E-state index is 12.5. The van der Waals surface area contributed by atoms with Gasteiger partial charge in [-0.2, -0.15) is 0 Å². The van der Waals surface area contributed by atoms with E-state index >= 15 is 0 Å². The molecular formula is C30H30N2O5. The Kier molecular flexibility index (Phi) is 7.19. The van der Waals surface area contributed by atoms with Crippen LogP contribution in [0.5, 0.6) is 0 Å². The van der Waals surface area contributed by atoms with Crippen molar-refractivity contribution in [2.45, 2.75) is 31.3 Å². The van der Waals surface area contributed by atoms with Crippen LogP contribution in [0.4, 0.5) is 0 Å². The van der Waals surface area contributed by atoms with Crippen molar-refractivity contribution >= 4 is 0 Å². The lowest BCUT2D eigenvalue weighted by Crippen LogP contribution is -2.37. The fourth-order valence-corrected chi connectivity index (χ4v) is 5.10. The summed E-state index contributed by atoms with van der Waals surface area (Å²) < 4.78 is 14.6. The van der Waals surface area contributed by atoms with Gasteiger partial charge in [0, 0.05) is 30.7 Å². The van der Waals surface area contributed by atoms with E-state index in [1.807, 2.05) is 91.0 Å². The number of hydrogen-bond acceptors (Lipinski definition) is 5. The highest BCUT2D eigenvalue weighted by Gasteiger charge is 2.42. The van der Waals surface area contributed by atoms with Gasteiger partial charge in [-0.05, 0) is 23.6 Å². The summed E-state index contributed by atoms with van der Waals surface area (Å²) in [6.45, 7) is 1.70. The number of aromatic nitrogens is 2. The topological polar surface area (TPSA) is 93.6 Å². The molecule has 1 fully saturated rings. The van der Waals surface area contributed by atoms with E-state index < -0.39 is 29.2 Å². The predicted molar refractivity (Wildman–Crippen MR) is 140 cm³/mol. The van der Waals surface area contributed by atoms with Gasteiger partial charge in [-0.1, -0.05) is 91.0 Å². The van der Waals surface area contributed by atoms with Crippen molar-refractivity contribution in [1.82, 2.24) is 9.55 Å². The van der Waals surface area contributed by atoms with Gasteiger partial charge in [0.05, 0.1) is 12.7 Å². The summed E-state index contributed by atoms with van der Waals surface area (Å²) in [5.74, 6) is -0.246.